The van der Waals surface area contributed by atoms with Gasteiger partial charge in [-0.2, -0.15) is 10.1 Å². The maximum atomic E-state index is 12.8. The number of halogens is 1. The van der Waals surface area contributed by atoms with Crippen molar-refractivity contribution in [1.82, 2.24) is 5.01 Å². The number of hydrogen-bond acceptors (Lipinski definition) is 6. The summed E-state index contributed by atoms with van der Waals surface area (Å²) in [6.07, 6.45) is 7.37. The first-order valence-corrected chi connectivity index (χ1v) is 9.41. The molecule has 2 bridgehead atoms. The summed E-state index contributed by atoms with van der Waals surface area (Å²) >= 11 is 3.14. The van der Waals surface area contributed by atoms with Gasteiger partial charge in [0, 0.05) is 16.1 Å². The average molecular weight is 432 g/mol. The zero-order chi connectivity index (χ0) is 19.1. The molecule has 0 aromatic heterocycles. The molecule has 0 radical (unpaired) electrons. The molecule has 27 heavy (non-hydrogen) atoms. The number of benzene rings is 1. The van der Waals surface area contributed by atoms with Crippen molar-refractivity contribution in [2.45, 2.75) is 12.8 Å². The Kier molecular flexibility index (Phi) is 3.23. The Labute approximate surface area is 161 Å². The Morgan fingerprint density at radius 2 is 1.81 bits per heavy atom. The van der Waals surface area contributed by atoms with E-state index < -0.39 is 16.4 Å². The molecule has 4 aliphatic rings. The fourth-order valence-corrected chi connectivity index (χ4v) is 5.60. The van der Waals surface area contributed by atoms with Crippen molar-refractivity contribution in [3.63, 3.8) is 0 Å². The molecule has 5 rings (SSSR count). The second-order valence-corrected chi connectivity index (χ2v) is 8.49. The standard InChI is InChI=1S/C18H14BrN3O5/c19-9-5-8(15(23)12(6-9)22(26)27)7-20-21-16(24)13-10-1-2-11(14(13)17(21)25)18(10)3-4-18/h1-2,5-7,10-11,13-14,23H,3-4H2/b20-7-/t10-,11-,13+,14+/m1/s1. The van der Waals surface area contributed by atoms with Crippen molar-refractivity contribution in [2.75, 3.05) is 0 Å². The first kappa shape index (κ1) is 16.6. The van der Waals surface area contributed by atoms with Gasteiger partial charge in [0.15, 0.2) is 0 Å². The zero-order valence-corrected chi connectivity index (χ0v) is 15.5. The second kappa shape index (κ2) is 5.25. The van der Waals surface area contributed by atoms with Gasteiger partial charge in [-0.15, -0.1) is 0 Å². The Hall–Kier alpha value is -2.55. The molecule has 3 fully saturated rings. The number of rotatable bonds is 3. The number of fused-ring (bicyclic) bond motifs is 3. The third kappa shape index (κ3) is 2.06. The van der Waals surface area contributed by atoms with E-state index in [4.69, 9.17) is 0 Å². The highest BCUT2D eigenvalue weighted by Gasteiger charge is 2.73. The van der Waals surface area contributed by atoms with Crippen molar-refractivity contribution < 1.29 is 19.6 Å². The fourth-order valence-electron chi connectivity index (χ4n) is 5.14. The third-order valence-electron chi connectivity index (χ3n) is 6.42. The minimum Gasteiger partial charge on any atom is -0.502 e. The highest BCUT2D eigenvalue weighted by atomic mass is 79.9. The molecule has 9 heteroatoms. The lowest BCUT2D eigenvalue weighted by molar-refractivity contribution is -0.385. The molecule has 138 valence electrons. The summed E-state index contributed by atoms with van der Waals surface area (Å²) in [6, 6.07) is 2.60. The van der Waals surface area contributed by atoms with Gasteiger partial charge in [0.05, 0.1) is 23.0 Å². The Balaban J connectivity index is 1.46. The van der Waals surface area contributed by atoms with Crippen LogP contribution in [0.4, 0.5) is 5.69 Å². The van der Waals surface area contributed by atoms with Crippen LogP contribution < -0.4 is 0 Å². The number of hydrazone groups is 1. The monoisotopic (exact) mass is 431 g/mol. The SMILES string of the molecule is O=C1[C@@H]2[C@@H](C(=O)N1/N=C\c1cc(Br)cc([N+](=O)[O-])c1O)[C@H]1C=C[C@H]2C12CC2. The number of carbonyl (C=O) groups excluding carboxylic acids is 2. The maximum Gasteiger partial charge on any atom is 0.312 e. The van der Waals surface area contributed by atoms with Crippen LogP contribution in [-0.4, -0.2) is 33.1 Å². The number of amides is 2. The van der Waals surface area contributed by atoms with Crippen LogP contribution in [0.25, 0.3) is 0 Å². The molecule has 8 nitrogen and oxygen atoms in total. The smallest absolute Gasteiger partial charge is 0.312 e. The number of phenolic OH excluding ortho intramolecular Hbond substituents is 1. The van der Waals surface area contributed by atoms with Crippen LogP contribution in [0.2, 0.25) is 0 Å². The molecular formula is C18H14BrN3O5. The van der Waals surface area contributed by atoms with E-state index in [1.54, 1.807) is 0 Å². The molecule has 1 saturated heterocycles. The summed E-state index contributed by atoms with van der Waals surface area (Å²) in [5, 5.41) is 25.9. The number of carbonyl (C=O) groups is 2. The van der Waals surface area contributed by atoms with Crippen LogP contribution in [0.5, 0.6) is 5.75 Å². The fraction of sp³-hybridized carbons (Fsp3) is 0.389. The normalized spacial score (nSPS) is 32.1. The summed E-state index contributed by atoms with van der Waals surface area (Å²) in [6.45, 7) is 0. The van der Waals surface area contributed by atoms with E-state index in [0.29, 0.717) is 4.47 Å². The largest absolute Gasteiger partial charge is 0.502 e. The molecule has 1 aliphatic heterocycles. The topological polar surface area (TPSA) is 113 Å². The highest BCUT2D eigenvalue weighted by Crippen LogP contribution is 2.73. The second-order valence-electron chi connectivity index (χ2n) is 7.57. The molecule has 1 spiro atoms. The van der Waals surface area contributed by atoms with Gasteiger partial charge < -0.3 is 5.11 Å². The van der Waals surface area contributed by atoms with Crippen LogP contribution in [0.1, 0.15) is 18.4 Å². The van der Waals surface area contributed by atoms with Crippen LogP contribution >= 0.6 is 15.9 Å². The lowest BCUT2D eigenvalue weighted by atomic mass is 9.85. The van der Waals surface area contributed by atoms with E-state index >= 15 is 0 Å². The van der Waals surface area contributed by atoms with Crippen molar-refractivity contribution >= 4 is 39.6 Å². The van der Waals surface area contributed by atoms with Crippen LogP contribution in [-0.2, 0) is 9.59 Å². The van der Waals surface area contributed by atoms with Gasteiger partial charge in [-0.25, -0.2) is 0 Å². The predicted octanol–water partition coefficient (Wildman–Crippen LogP) is 2.59. The molecular weight excluding hydrogens is 418 g/mol. The lowest BCUT2D eigenvalue weighted by Crippen LogP contribution is -2.30. The van der Waals surface area contributed by atoms with Gasteiger partial charge in [-0.1, -0.05) is 28.1 Å². The Morgan fingerprint density at radius 3 is 2.33 bits per heavy atom. The maximum absolute atomic E-state index is 12.8. The average Bonchev–Trinajstić information content (AvgIpc) is 3.22. The predicted molar refractivity (Wildman–Crippen MR) is 96.7 cm³/mol. The van der Waals surface area contributed by atoms with Crippen LogP contribution in [0.15, 0.2) is 33.9 Å². The van der Waals surface area contributed by atoms with E-state index in [9.17, 15) is 24.8 Å². The number of hydrogen-bond donors (Lipinski definition) is 1. The molecule has 2 saturated carbocycles. The van der Waals surface area contributed by atoms with Crippen molar-refractivity contribution in [3.8, 4) is 5.75 Å². The number of phenols is 1. The summed E-state index contributed by atoms with van der Waals surface area (Å²) < 4.78 is 0.377. The minimum atomic E-state index is -0.716. The van der Waals surface area contributed by atoms with E-state index in [-0.39, 0.29) is 46.5 Å². The number of allylic oxidation sites excluding steroid dienone is 2. The Morgan fingerprint density at radius 1 is 1.22 bits per heavy atom. The number of nitro benzene ring substituents is 1. The lowest BCUT2D eigenvalue weighted by Gasteiger charge is -2.18. The molecule has 1 aromatic carbocycles. The highest BCUT2D eigenvalue weighted by molar-refractivity contribution is 9.10. The summed E-state index contributed by atoms with van der Waals surface area (Å²) in [7, 11) is 0. The molecule has 3 aliphatic carbocycles. The summed E-state index contributed by atoms with van der Waals surface area (Å²) in [5.74, 6) is -1.74. The van der Waals surface area contributed by atoms with E-state index in [0.717, 1.165) is 24.1 Å². The van der Waals surface area contributed by atoms with Crippen LogP contribution in [0, 0.1) is 39.2 Å². The Bertz CT molecular complexity index is 949. The van der Waals surface area contributed by atoms with Gasteiger partial charge in [0.2, 0.25) is 5.75 Å². The molecule has 1 N–H and O–H groups in total. The third-order valence-corrected chi connectivity index (χ3v) is 6.88. The van der Waals surface area contributed by atoms with E-state index in [1.807, 2.05) is 0 Å². The number of nitro groups is 1. The number of aromatic hydroxyl groups is 1. The number of nitrogens with zero attached hydrogens (tertiary/aromatic N) is 3. The van der Waals surface area contributed by atoms with Gasteiger partial charge in [0.25, 0.3) is 11.8 Å². The van der Waals surface area contributed by atoms with Crippen molar-refractivity contribution in [2.24, 2.45) is 34.2 Å². The van der Waals surface area contributed by atoms with Crippen molar-refractivity contribution in [1.29, 1.82) is 0 Å². The number of imide groups is 1. The molecule has 0 unspecified atom stereocenters. The van der Waals surface area contributed by atoms with Crippen LogP contribution in [0.3, 0.4) is 0 Å². The first-order chi connectivity index (χ1) is 12.8. The molecule has 2 amide bonds. The van der Waals surface area contributed by atoms with Gasteiger partial charge in [-0.05, 0) is 36.2 Å². The van der Waals surface area contributed by atoms with Gasteiger partial charge >= 0.3 is 5.69 Å². The first-order valence-electron chi connectivity index (χ1n) is 8.62. The van der Waals surface area contributed by atoms with Crippen molar-refractivity contribution in [3.05, 3.63) is 44.4 Å². The summed E-state index contributed by atoms with van der Waals surface area (Å²) in [4.78, 5) is 36.0. The van der Waals surface area contributed by atoms with Gasteiger partial charge in [-0.3, -0.25) is 19.7 Å². The summed E-state index contributed by atoms with van der Waals surface area (Å²) in [5.41, 5.74) is -0.326. The van der Waals surface area contributed by atoms with E-state index in [1.165, 1.54) is 12.1 Å². The zero-order valence-electron chi connectivity index (χ0n) is 13.9. The van der Waals surface area contributed by atoms with E-state index in [2.05, 4.69) is 33.2 Å². The van der Waals surface area contributed by atoms with Gasteiger partial charge in [0.1, 0.15) is 0 Å². The molecule has 1 heterocycles. The quantitative estimate of drug-likeness (QED) is 0.259. The molecule has 4 atom stereocenters. The minimum absolute atomic E-state index is 0.0495. The molecule has 1 aromatic rings.